The van der Waals surface area contributed by atoms with E-state index in [1.807, 2.05) is 67.6 Å². The SMILES string of the molecule is CC1N=C(c2ccccc2)N=C(Cl)N=C1c1ccccc1. The fraction of sp³-hybridized carbons (Fsp3) is 0.118. The Morgan fingerprint density at radius 2 is 1.38 bits per heavy atom. The molecular weight excluding hydrogens is 282 g/mol. The van der Waals surface area contributed by atoms with Gasteiger partial charge in [-0.3, -0.25) is 4.99 Å². The van der Waals surface area contributed by atoms with Crippen molar-refractivity contribution >= 4 is 28.4 Å². The van der Waals surface area contributed by atoms with Crippen LogP contribution in [0.5, 0.6) is 0 Å². The molecule has 0 spiro atoms. The van der Waals surface area contributed by atoms with Crippen LogP contribution in [0, 0.1) is 0 Å². The Morgan fingerprint density at radius 1 is 0.810 bits per heavy atom. The van der Waals surface area contributed by atoms with Crippen molar-refractivity contribution < 1.29 is 0 Å². The average molecular weight is 296 g/mol. The summed E-state index contributed by atoms with van der Waals surface area (Å²) >= 11 is 6.16. The first-order valence-corrected chi connectivity index (χ1v) is 7.13. The summed E-state index contributed by atoms with van der Waals surface area (Å²) in [4.78, 5) is 13.4. The van der Waals surface area contributed by atoms with Crippen molar-refractivity contribution in [2.24, 2.45) is 15.0 Å². The first kappa shape index (κ1) is 13.7. The van der Waals surface area contributed by atoms with Crippen LogP contribution >= 0.6 is 11.6 Å². The third kappa shape index (κ3) is 3.09. The minimum absolute atomic E-state index is 0.109. The number of rotatable bonds is 2. The van der Waals surface area contributed by atoms with E-state index in [2.05, 4.69) is 15.0 Å². The highest BCUT2D eigenvalue weighted by Crippen LogP contribution is 2.15. The lowest BCUT2D eigenvalue weighted by Gasteiger charge is -2.09. The van der Waals surface area contributed by atoms with Crippen LogP contribution in [0.25, 0.3) is 0 Å². The second-order valence-corrected chi connectivity index (χ2v) is 5.08. The fourth-order valence-corrected chi connectivity index (χ4v) is 2.39. The van der Waals surface area contributed by atoms with Crippen molar-refractivity contribution in [2.75, 3.05) is 0 Å². The second kappa shape index (κ2) is 6.02. The third-order valence-corrected chi connectivity index (χ3v) is 3.39. The predicted octanol–water partition coefficient (Wildman–Crippen LogP) is 3.92. The minimum atomic E-state index is -0.109. The van der Waals surface area contributed by atoms with E-state index in [0.29, 0.717) is 5.84 Å². The van der Waals surface area contributed by atoms with Gasteiger partial charge in [0.05, 0.1) is 11.8 Å². The Morgan fingerprint density at radius 3 is 2.00 bits per heavy atom. The summed E-state index contributed by atoms with van der Waals surface area (Å²) in [7, 11) is 0. The molecule has 0 fully saturated rings. The van der Waals surface area contributed by atoms with E-state index < -0.39 is 0 Å². The zero-order valence-corrected chi connectivity index (χ0v) is 12.3. The van der Waals surface area contributed by atoms with Gasteiger partial charge in [-0.05, 0) is 24.1 Å². The Hall–Kier alpha value is -2.26. The maximum absolute atomic E-state index is 6.16. The van der Waals surface area contributed by atoms with Crippen LogP contribution in [-0.2, 0) is 0 Å². The van der Waals surface area contributed by atoms with Gasteiger partial charge in [0.15, 0.2) is 5.84 Å². The Kier molecular flexibility index (Phi) is 3.93. The van der Waals surface area contributed by atoms with Crippen molar-refractivity contribution in [1.29, 1.82) is 0 Å². The van der Waals surface area contributed by atoms with Crippen LogP contribution in [0.4, 0.5) is 0 Å². The van der Waals surface area contributed by atoms with Crippen molar-refractivity contribution in [2.45, 2.75) is 13.0 Å². The summed E-state index contributed by atoms with van der Waals surface area (Å²) in [6.07, 6.45) is 0. The lowest BCUT2D eigenvalue weighted by molar-refractivity contribution is 0.975. The van der Waals surface area contributed by atoms with E-state index in [0.717, 1.165) is 16.8 Å². The number of amidine groups is 2. The van der Waals surface area contributed by atoms with E-state index in [-0.39, 0.29) is 11.3 Å². The smallest absolute Gasteiger partial charge is 0.224 e. The number of benzene rings is 2. The number of hydrogen-bond acceptors (Lipinski definition) is 3. The maximum Gasteiger partial charge on any atom is 0.224 e. The largest absolute Gasteiger partial charge is 0.257 e. The summed E-state index contributed by atoms with van der Waals surface area (Å²) in [6.45, 7) is 2.00. The number of halogens is 1. The molecule has 0 radical (unpaired) electrons. The lowest BCUT2D eigenvalue weighted by Crippen LogP contribution is -2.17. The Bertz CT molecular complexity index is 718. The van der Waals surface area contributed by atoms with E-state index in [9.17, 15) is 0 Å². The molecule has 2 aromatic carbocycles. The van der Waals surface area contributed by atoms with Gasteiger partial charge in [0.25, 0.3) is 0 Å². The molecule has 1 aliphatic heterocycles. The molecule has 3 rings (SSSR count). The summed E-state index contributed by atoms with van der Waals surface area (Å²) in [6, 6.07) is 19.6. The molecule has 4 heteroatoms. The summed E-state index contributed by atoms with van der Waals surface area (Å²) < 4.78 is 0. The van der Waals surface area contributed by atoms with E-state index in [1.165, 1.54) is 0 Å². The molecule has 21 heavy (non-hydrogen) atoms. The molecular formula is C17H14ClN3. The molecule has 1 unspecified atom stereocenters. The monoisotopic (exact) mass is 295 g/mol. The van der Waals surface area contributed by atoms with Crippen LogP contribution in [-0.4, -0.2) is 22.9 Å². The van der Waals surface area contributed by atoms with Crippen molar-refractivity contribution in [1.82, 2.24) is 0 Å². The first-order valence-electron chi connectivity index (χ1n) is 6.75. The highest BCUT2D eigenvalue weighted by Gasteiger charge is 2.18. The van der Waals surface area contributed by atoms with Gasteiger partial charge < -0.3 is 0 Å². The van der Waals surface area contributed by atoms with Crippen LogP contribution in [0.2, 0.25) is 0 Å². The minimum Gasteiger partial charge on any atom is -0.257 e. The predicted molar refractivity (Wildman–Crippen MR) is 88.7 cm³/mol. The summed E-state index contributed by atoms with van der Waals surface area (Å²) in [5.41, 5.74) is 2.78. The molecule has 3 nitrogen and oxygen atoms in total. The molecule has 1 aliphatic rings. The van der Waals surface area contributed by atoms with Crippen molar-refractivity contribution in [3.05, 3.63) is 71.8 Å². The van der Waals surface area contributed by atoms with Crippen LogP contribution in [0.15, 0.2) is 75.6 Å². The number of hydrogen-bond donors (Lipinski definition) is 0. The Labute approximate surface area is 128 Å². The third-order valence-electron chi connectivity index (χ3n) is 3.22. The summed E-state index contributed by atoms with van der Waals surface area (Å²) in [5.74, 6) is 0.614. The molecule has 104 valence electrons. The number of nitrogens with zero attached hydrogens (tertiary/aromatic N) is 3. The van der Waals surface area contributed by atoms with Gasteiger partial charge in [0, 0.05) is 5.56 Å². The highest BCUT2D eigenvalue weighted by atomic mass is 35.5. The van der Waals surface area contributed by atoms with Gasteiger partial charge in [-0.1, -0.05) is 60.7 Å². The van der Waals surface area contributed by atoms with Crippen LogP contribution in [0.1, 0.15) is 18.1 Å². The standard InChI is InChI=1S/C17H14ClN3/c1-12-15(13-8-4-2-5-9-13)20-17(18)21-16(19-12)14-10-6-3-7-11-14/h2-12H,1H3. The molecule has 0 aromatic heterocycles. The highest BCUT2D eigenvalue weighted by molar-refractivity contribution is 6.66. The zero-order valence-electron chi connectivity index (χ0n) is 11.6. The van der Waals surface area contributed by atoms with Crippen molar-refractivity contribution in [3.63, 3.8) is 0 Å². The number of aliphatic imine (C=N–C) groups is 3. The molecule has 2 aromatic rings. The molecule has 0 N–H and O–H groups in total. The summed E-state index contributed by atoms with van der Waals surface area (Å²) in [5, 5.41) is 0.209. The normalized spacial score (nSPS) is 18.4. The lowest BCUT2D eigenvalue weighted by atomic mass is 10.0. The zero-order chi connectivity index (χ0) is 14.7. The maximum atomic E-state index is 6.16. The Balaban J connectivity index is 2.03. The van der Waals surface area contributed by atoms with E-state index in [1.54, 1.807) is 0 Å². The molecule has 0 saturated carbocycles. The van der Waals surface area contributed by atoms with Crippen LogP contribution in [0.3, 0.4) is 0 Å². The van der Waals surface area contributed by atoms with Gasteiger partial charge in [0.2, 0.25) is 5.29 Å². The second-order valence-electron chi connectivity index (χ2n) is 4.74. The van der Waals surface area contributed by atoms with Crippen LogP contribution < -0.4 is 0 Å². The van der Waals surface area contributed by atoms with E-state index >= 15 is 0 Å². The quantitative estimate of drug-likeness (QED) is 0.753. The molecule has 0 aliphatic carbocycles. The fourth-order valence-electron chi connectivity index (χ4n) is 2.22. The van der Waals surface area contributed by atoms with Gasteiger partial charge in [-0.15, -0.1) is 0 Å². The molecule has 0 amide bonds. The molecule has 1 atom stereocenters. The molecule has 0 bridgehead atoms. The van der Waals surface area contributed by atoms with Gasteiger partial charge >= 0.3 is 0 Å². The van der Waals surface area contributed by atoms with Gasteiger partial charge in [-0.2, -0.15) is 4.99 Å². The molecule has 0 saturated heterocycles. The van der Waals surface area contributed by atoms with Gasteiger partial charge in [-0.25, -0.2) is 4.99 Å². The van der Waals surface area contributed by atoms with Crippen molar-refractivity contribution in [3.8, 4) is 0 Å². The van der Waals surface area contributed by atoms with Gasteiger partial charge in [0.1, 0.15) is 0 Å². The topological polar surface area (TPSA) is 37.1 Å². The van der Waals surface area contributed by atoms with E-state index in [4.69, 9.17) is 11.6 Å². The average Bonchev–Trinajstić information content (AvgIpc) is 2.68. The molecule has 1 heterocycles. The first-order chi connectivity index (χ1) is 10.2.